The van der Waals surface area contributed by atoms with Gasteiger partial charge in [-0.25, -0.2) is 27.3 Å². The molecule has 0 saturated carbocycles. The number of hydrogen-bond donors (Lipinski definition) is 1. The number of primary sulfonamides is 1. The Hall–Kier alpha value is -0.600. The van der Waals surface area contributed by atoms with Crippen molar-refractivity contribution in [3.63, 3.8) is 0 Å². The van der Waals surface area contributed by atoms with Crippen molar-refractivity contribution < 1.29 is 17.2 Å². The van der Waals surface area contributed by atoms with E-state index < -0.39 is 26.9 Å². The van der Waals surface area contributed by atoms with Gasteiger partial charge in [0.1, 0.15) is 9.50 Å². The topological polar surface area (TPSA) is 73.1 Å². The van der Waals surface area contributed by atoms with Gasteiger partial charge in [0.2, 0.25) is 10.0 Å². The highest BCUT2D eigenvalue weighted by Crippen LogP contribution is 2.29. The summed E-state index contributed by atoms with van der Waals surface area (Å²) in [6.07, 6.45) is -1.84. The standard InChI is InChI=1S/C6H5BrF2N2O2S/c7-5-4(14(10,12)13)3(6(8)9)1-2-11-5/h1-2,6H,(H2,10,12,13). The van der Waals surface area contributed by atoms with Gasteiger partial charge in [0, 0.05) is 11.8 Å². The second-order valence-electron chi connectivity index (χ2n) is 2.37. The first-order valence-electron chi connectivity index (χ1n) is 3.29. The lowest BCUT2D eigenvalue weighted by Crippen LogP contribution is -2.16. The number of rotatable bonds is 2. The highest BCUT2D eigenvalue weighted by Gasteiger charge is 2.23. The van der Waals surface area contributed by atoms with E-state index in [0.29, 0.717) is 0 Å². The van der Waals surface area contributed by atoms with Gasteiger partial charge in [0.05, 0.1) is 0 Å². The van der Waals surface area contributed by atoms with Crippen molar-refractivity contribution in [3.8, 4) is 0 Å². The summed E-state index contributed by atoms with van der Waals surface area (Å²) in [5, 5.41) is 4.77. The van der Waals surface area contributed by atoms with Crippen molar-refractivity contribution in [2.45, 2.75) is 11.3 Å². The summed E-state index contributed by atoms with van der Waals surface area (Å²) >= 11 is 2.75. The molecule has 4 nitrogen and oxygen atoms in total. The Morgan fingerprint density at radius 2 is 2.07 bits per heavy atom. The molecule has 0 aliphatic rings. The number of sulfonamides is 1. The molecule has 1 heterocycles. The molecule has 0 bridgehead atoms. The molecular formula is C6H5BrF2N2O2S. The molecule has 8 heteroatoms. The van der Waals surface area contributed by atoms with E-state index in [1.165, 1.54) is 0 Å². The van der Waals surface area contributed by atoms with Crippen LogP contribution in [0.1, 0.15) is 12.0 Å². The minimum absolute atomic E-state index is 0.210. The molecule has 0 atom stereocenters. The minimum atomic E-state index is -4.20. The fourth-order valence-electron chi connectivity index (χ4n) is 0.890. The maximum Gasteiger partial charge on any atom is 0.265 e. The summed E-state index contributed by atoms with van der Waals surface area (Å²) in [5.74, 6) is 0. The van der Waals surface area contributed by atoms with Crippen LogP contribution < -0.4 is 5.14 Å². The smallest absolute Gasteiger partial charge is 0.248 e. The summed E-state index contributed by atoms with van der Waals surface area (Å²) in [6.45, 7) is 0. The van der Waals surface area contributed by atoms with Crippen molar-refractivity contribution in [1.82, 2.24) is 4.98 Å². The molecule has 1 aromatic rings. The molecule has 1 rings (SSSR count). The lowest BCUT2D eigenvalue weighted by atomic mass is 10.3. The number of halogens is 3. The van der Waals surface area contributed by atoms with Crippen molar-refractivity contribution in [2.75, 3.05) is 0 Å². The van der Waals surface area contributed by atoms with Gasteiger partial charge in [-0.05, 0) is 22.0 Å². The van der Waals surface area contributed by atoms with Crippen LogP contribution in [0.3, 0.4) is 0 Å². The summed E-state index contributed by atoms with van der Waals surface area (Å²) in [6, 6.07) is 0.912. The number of nitrogens with zero attached hydrogens (tertiary/aromatic N) is 1. The van der Waals surface area contributed by atoms with E-state index in [9.17, 15) is 17.2 Å². The van der Waals surface area contributed by atoms with Gasteiger partial charge in [-0.3, -0.25) is 0 Å². The Morgan fingerprint density at radius 3 is 2.43 bits per heavy atom. The largest absolute Gasteiger partial charge is 0.265 e. The molecule has 0 spiro atoms. The van der Waals surface area contributed by atoms with Gasteiger partial charge >= 0.3 is 0 Å². The van der Waals surface area contributed by atoms with E-state index in [4.69, 9.17) is 5.14 Å². The Labute approximate surface area is 87.3 Å². The maximum atomic E-state index is 12.4. The van der Waals surface area contributed by atoms with Gasteiger partial charge in [-0.2, -0.15) is 0 Å². The fraction of sp³-hybridized carbons (Fsp3) is 0.167. The number of nitrogens with two attached hydrogens (primary N) is 1. The van der Waals surface area contributed by atoms with Gasteiger partial charge < -0.3 is 0 Å². The number of hydrogen-bond acceptors (Lipinski definition) is 3. The van der Waals surface area contributed by atoms with Crippen molar-refractivity contribution in [3.05, 3.63) is 22.4 Å². The Morgan fingerprint density at radius 1 is 1.50 bits per heavy atom. The van der Waals surface area contributed by atoms with E-state index in [1.807, 2.05) is 0 Å². The molecule has 0 unspecified atom stereocenters. The average Bonchev–Trinajstić information content (AvgIpc) is 2.01. The van der Waals surface area contributed by atoms with Crippen LogP contribution >= 0.6 is 15.9 Å². The molecule has 2 N–H and O–H groups in total. The molecule has 14 heavy (non-hydrogen) atoms. The van der Waals surface area contributed by atoms with Crippen molar-refractivity contribution in [2.24, 2.45) is 5.14 Å². The third-order valence-electron chi connectivity index (χ3n) is 1.41. The molecule has 0 aliphatic heterocycles. The van der Waals surface area contributed by atoms with E-state index >= 15 is 0 Å². The molecule has 78 valence electrons. The van der Waals surface area contributed by atoms with Crippen LogP contribution in [0.15, 0.2) is 21.8 Å². The van der Waals surface area contributed by atoms with E-state index in [1.54, 1.807) is 0 Å². The highest BCUT2D eigenvalue weighted by molar-refractivity contribution is 9.10. The van der Waals surface area contributed by atoms with Gasteiger partial charge in [0.25, 0.3) is 6.43 Å². The second-order valence-corrected chi connectivity index (χ2v) is 4.62. The van der Waals surface area contributed by atoms with E-state index in [-0.39, 0.29) is 4.60 Å². The summed E-state index contributed by atoms with van der Waals surface area (Å²) < 4.78 is 46.4. The van der Waals surface area contributed by atoms with Crippen molar-refractivity contribution >= 4 is 26.0 Å². The zero-order valence-corrected chi connectivity index (χ0v) is 9.02. The number of alkyl halides is 2. The Kier molecular flexibility index (Phi) is 3.17. The van der Waals surface area contributed by atoms with Crippen LogP contribution in [-0.4, -0.2) is 13.4 Å². The van der Waals surface area contributed by atoms with Crippen LogP contribution in [0.4, 0.5) is 8.78 Å². The molecular weight excluding hydrogens is 282 g/mol. The predicted octanol–water partition coefficient (Wildman–Crippen LogP) is 1.43. The highest BCUT2D eigenvalue weighted by atomic mass is 79.9. The first-order chi connectivity index (χ1) is 6.34. The Balaban J connectivity index is 3.54. The fourth-order valence-corrected chi connectivity index (χ4v) is 2.69. The molecule has 1 aromatic heterocycles. The van der Waals surface area contributed by atoms with Crippen LogP contribution in [0.5, 0.6) is 0 Å². The third-order valence-corrected chi connectivity index (χ3v) is 3.27. The SMILES string of the molecule is NS(=O)(=O)c1c(C(F)F)ccnc1Br. The maximum absolute atomic E-state index is 12.4. The molecule has 0 radical (unpaired) electrons. The first-order valence-corrected chi connectivity index (χ1v) is 5.63. The average molecular weight is 287 g/mol. The summed E-state index contributed by atoms with van der Waals surface area (Å²) in [5.41, 5.74) is -0.658. The zero-order chi connectivity index (χ0) is 10.9. The van der Waals surface area contributed by atoms with E-state index in [0.717, 1.165) is 12.3 Å². The van der Waals surface area contributed by atoms with Gasteiger partial charge in [-0.1, -0.05) is 0 Å². The third kappa shape index (κ3) is 2.25. The Bertz CT molecular complexity index is 449. The molecule has 0 saturated heterocycles. The first kappa shape index (κ1) is 11.5. The van der Waals surface area contributed by atoms with E-state index in [2.05, 4.69) is 20.9 Å². The summed E-state index contributed by atoms with van der Waals surface area (Å²) in [4.78, 5) is 2.84. The quantitative estimate of drug-likeness (QED) is 0.836. The normalized spacial score (nSPS) is 12.1. The minimum Gasteiger partial charge on any atom is -0.248 e. The van der Waals surface area contributed by atoms with Gasteiger partial charge in [0.15, 0.2) is 0 Å². The molecule has 0 aliphatic carbocycles. The van der Waals surface area contributed by atoms with Crippen LogP contribution in [-0.2, 0) is 10.0 Å². The van der Waals surface area contributed by atoms with Gasteiger partial charge in [-0.15, -0.1) is 0 Å². The van der Waals surface area contributed by atoms with Crippen LogP contribution in [0.25, 0.3) is 0 Å². The predicted molar refractivity (Wildman–Crippen MR) is 48.3 cm³/mol. The van der Waals surface area contributed by atoms with Crippen molar-refractivity contribution in [1.29, 1.82) is 0 Å². The molecule has 0 amide bonds. The summed E-state index contributed by atoms with van der Waals surface area (Å²) in [7, 11) is -4.20. The number of aromatic nitrogens is 1. The lowest BCUT2D eigenvalue weighted by molar-refractivity contribution is 0.147. The number of pyridine rings is 1. The molecule has 0 aromatic carbocycles. The molecule has 0 fully saturated rings. The lowest BCUT2D eigenvalue weighted by Gasteiger charge is -2.07. The monoisotopic (exact) mass is 286 g/mol. The van der Waals surface area contributed by atoms with Crippen LogP contribution in [0.2, 0.25) is 0 Å². The van der Waals surface area contributed by atoms with Crippen LogP contribution in [0, 0.1) is 0 Å². The second kappa shape index (κ2) is 3.87. The zero-order valence-electron chi connectivity index (χ0n) is 6.62.